The molecule has 0 bridgehead atoms. The van der Waals surface area contributed by atoms with Gasteiger partial charge in [0, 0.05) is 6.07 Å². The summed E-state index contributed by atoms with van der Waals surface area (Å²) in [5.74, 6) is 2.95. The smallest absolute Gasteiger partial charge is 0.165 e. The van der Waals surface area contributed by atoms with Gasteiger partial charge in [-0.15, -0.1) is 0 Å². The average Bonchev–Trinajstić information content (AvgIpc) is 2.26. The molecule has 0 spiro atoms. The standard InChI is InChI=1S/C12H16O3/c1-9(2)8-15-10-3-4-11-12(7-10)14-6-5-13-11/h3-4,7,9H,5-6,8H2,1-2H3. The zero-order valence-corrected chi connectivity index (χ0v) is 9.16. The lowest BCUT2D eigenvalue weighted by Crippen LogP contribution is -2.15. The van der Waals surface area contributed by atoms with Gasteiger partial charge in [-0.1, -0.05) is 13.8 Å². The van der Waals surface area contributed by atoms with Gasteiger partial charge in [0.15, 0.2) is 11.5 Å². The summed E-state index contributed by atoms with van der Waals surface area (Å²) in [6.45, 7) is 6.20. The van der Waals surface area contributed by atoms with Crippen molar-refractivity contribution in [3.63, 3.8) is 0 Å². The maximum Gasteiger partial charge on any atom is 0.165 e. The van der Waals surface area contributed by atoms with E-state index >= 15 is 0 Å². The Labute approximate surface area is 90.0 Å². The van der Waals surface area contributed by atoms with Crippen molar-refractivity contribution in [2.24, 2.45) is 5.92 Å². The van der Waals surface area contributed by atoms with E-state index in [2.05, 4.69) is 13.8 Å². The summed E-state index contributed by atoms with van der Waals surface area (Å²) < 4.78 is 16.5. The molecule has 1 heterocycles. The second kappa shape index (κ2) is 4.43. The van der Waals surface area contributed by atoms with Gasteiger partial charge in [0.25, 0.3) is 0 Å². The van der Waals surface area contributed by atoms with E-state index in [-0.39, 0.29) is 0 Å². The van der Waals surface area contributed by atoms with Gasteiger partial charge < -0.3 is 14.2 Å². The maximum absolute atomic E-state index is 5.60. The van der Waals surface area contributed by atoms with Crippen LogP contribution in [0.5, 0.6) is 17.2 Å². The van der Waals surface area contributed by atoms with Gasteiger partial charge >= 0.3 is 0 Å². The predicted octanol–water partition coefficient (Wildman–Crippen LogP) is 2.49. The Morgan fingerprint density at radius 3 is 2.67 bits per heavy atom. The zero-order chi connectivity index (χ0) is 10.7. The minimum absolute atomic E-state index is 0.526. The van der Waals surface area contributed by atoms with Gasteiger partial charge in [0.1, 0.15) is 19.0 Å². The Balaban J connectivity index is 2.07. The molecule has 15 heavy (non-hydrogen) atoms. The van der Waals surface area contributed by atoms with Crippen molar-refractivity contribution in [1.29, 1.82) is 0 Å². The highest BCUT2D eigenvalue weighted by molar-refractivity contribution is 5.46. The minimum Gasteiger partial charge on any atom is -0.493 e. The van der Waals surface area contributed by atoms with E-state index in [1.807, 2.05) is 18.2 Å². The molecule has 0 aromatic heterocycles. The SMILES string of the molecule is CC(C)COc1ccc2c(c1)OCCO2. The first-order valence-electron chi connectivity index (χ1n) is 5.28. The first-order chi connectivity index (χ1) is 7.25. The van der Waals surface area contributed by atoms with E-state index in [9.17, 15) is 0 Å². The summed E-state index contributed by atoms with van der Waals surface area (Å²) in [6.07, 6.45) is 0. The lowest BCUT2D eigenvalue weighted by Gasteiger charge is -2.19. The predicted molar refractivity (Wildman–Crippen MR) is 57.8 cm³/mol. The van der Waals surface area contributed by atoms with Gasteiger partial charge in [0.05, 0.1) is 6.61 Å². The van der Waals surface area contributed by atoms with E-state index < -0.39 is 0 Å². The summed E-state index contributed by atoms with van der Waals surface area (Å²) in [4.78, 5) is 0. The molecule has 0 aliphatic carbocycles. The lowest BCUT2D eigenvalue weighted by atomic mass is 10.2. The number of hydrogen-bond donors (Lipinski definition) is 0. The molecule has 0 fully saturated rings. The molecule has 3 heteroatoms. The molecule has 1 aromatic rings. The normalized spacial score (nSPS) is 14.1. The fraction of sp³-hybridized carbons (Fsp3) is 0.500. The maximum atomic E-state index is 5.60. The van der Waals surface area contributed by atoms with Crippen molar-refractivity contribution in [1.82, 2.24) is 0 Å². The van der Waals surface area contributed by atoms with Crippen molar-refractivity contribution in [2.75, 3.05) is 19.8 Å². The fourth-order valence-corrected chi connectivity index (χ4v) is 1.38. The van der Waals surface area contributed by atoms with Crippen LogP contribution in [0.15, 0.2) is 18.2 Å². The van der Waals surface area contributed by atoms with E-state index in [0.717, 1.165) is 23.9 Å². The van der Waals surface area contributed by atoms with Crippen molar-refractivity contribution in [3.05, 3.63) is 18.2 Å². The number of benzene rings is 1. The molecule has 3 nitrogen and oxygen atoms in total. The molecule has 0 atom stereocenters. The van der Waals surface area contributed by atoms with E-state index in [0.29, 0.717) is 19.1 Å². The van der Waals surface area contributed by atoms with Crippen LogP contribution in [0.1, 0.15) is 13.8 Å². The molecule has 0 radical (unpaired) electrons. The van der Waals surface area contributed by atoms with E-state index in [4.69, 9.17) is 14.2 Å². The largest absolute Gasteiger partial charge is 0.493 e. The lowest BCUT2D eigenvalue weighted by molar-refractivity contribution is 0.170. The summed E-state index contributed by atoms with van der Waals surface area (Å²) >= 11 is 0. The molecule has 1 aromatic carbocycles. The molecule has 0 saturated heterocycles. The quantitative estimate of drug-likeness (QED) is 0.763. The summed E-state index contributed by atoms with van der Waals surface area (Å²) in [5.41, 5.74) is 0. The highest BCUT2D eigenvalue weighted by Crippen LogP contribution is 2.33. The van der Waals surface area contributed by atoms with Crippen LogP contribution in [0.25, 0.3) is 0 Å². The average molecular weight is 208 g/mol. The molecule has 2 rings (SSSR count). The number of ether oxygens (including phenoxy) is 3. The summed E-state index contributed by atoms with van der Waals surface area (Å²) in [7, 11) is 0. The molecule has 1 aliphatic rings. The third kappa shape index (κ3) is 2.55. The van der Waals surface area contributed by atoms with E-state index in [1.165, 1.54) is 0 Å². The van der Waals surface area contributed by atoms with Gasteiger partial charge in [-0.3, -0.25) is 0 Å². The van der Waals surface area contributed by atoms with E-state index in [1.54, 1.807) is 0 Å². The van der Waals surface area contributed by atoms with Crippen LogP contribution in [-0.4, -0.2) is 19.8 Å². The van der Waals surface area contributed by atoms with Gasteiger partial charge in [-0.25, -0.2) is 0 Å². The topological polar surface area (TPSA) is 27.7 Å². The van der Waals surface area contributed by atoms with Gasteiger partial charge in [-0.05, 0) is 18.1 Å². The van der Waals surface area contributed by atoms with Crippen molar-refractivity contribution >= 4 is 0 Å². The summed E-state index contributed by atoms with van der Waals surface area (Å²) in [6, 6.07) is 5.69. The Morgan fingerprint density at radius 1 is 1.20 bits per heavy atom. The third-order valence-corrected chi connectivity index (χ3v) is 2.10. The third-order valence-electron chi connectivity index (χ3n) is 2.10. The van der Waals surface area contributed by atoms with Crippen LogP contribution in [0.2, 0.25) is 0 Å². The molecule has 0 saturated carbocycles. The molecule has 0 amide bonds. The second-order valence-corrected chi connectivity index (χ2v) is 4.01. The van der Waals surface area contributed by atoms with Gasteiger partial charge in [0.2, 0.25) is 0 Å². The van der Waals surface area contributed by atoms with Crippen molar-refractivity contribution in [3.8, 4) is 17.2 Å². The molecule has 0 unspecified atom stereocenters. The Hall–Kier alpha value is -1.38. The first-order valence-corrected chi connectivity index (χ1v) is 5.28. The number of rotatable bonds is 3. The van der Waals surface area contributed by atoms with Crippen LogP contribution in [0, 0.1) is 5.92 Å². The number of fused-ring (bicyclic) bond motifs is 1. The highest BCUT2D eigenvalue weighted by atomic mass is 16.6. The Morgan fingerprint density at radius 2 is 1.93 bits per heavy atom. The fourth-order valence-electron chi connectivity index (χ4n) is 1.38. The summed E-state index contributed by atoms with van der Waals surface area (Å²) in [5, 5.41) is 0. The van der Waals surface area contributed by atoms with Crippen LogP contribution in [-0.2, 0) is 0 Å². The molecular formula is C12H16O3. The monoisotopic (exact) mass is 208 g/mol. The Bertz CT molecular complexity index is 334. The number of hydrogen-bond acceptors (Lipinski definition) is 3. The van der Waals surface area contributed by atoms with Crippen LogP contribution >= 0.6 is 0 Å². The second-order valence-electron chi connectivity index (χ2n) is 4.01. The zero-order valence-electron chi connectivity index (χ0n) is 9.16. The van der Waals surface area contributed by atoms with Crippen LogP contribution in [0.4, 0.5) is 0 Å². The van der Waals surface area contributed by atoms with Crippen molar-refractivity contribution < 1.29 is 14.2 Å². The Kier molecular flexibility index (Phi) is 2.99. The molecule has 82 valence electrons. The first kappa shape index (κ1) is 10.1. The van der Waals surface area contributed by atoms with Crippen LogP contribution in [0.3, 0.4) is 0 Å². The van der Waals surface area contributed by atoms with Crippen molar-refractivity contribution in [2.45, 2.75) is 13.8 Å². The molecule has 1 aliphatic heterocycles. The highest BCUT2D eigenvalue weighted by Gasteiger charge is 2.12. The van der Waals surface area contributed by atoms with Gasteiger partial charge in [-0.2, -0.15) is 0 Å². The van der Waals surface area contributed by atoms with Crippen LogP contribution < -0.4 is 14.2 Å². The minimum atomic E-state index is 0.526. The molecule has 0 N–H and O–H groups in total. The molecular weight excluding hydrogens is 192 g/mol.